The lowest BCUT2D eigenvalue weighted by Crippen LogP contribution is -2.57. The average Bonchev–Trinajstić information content (AvgIpc) is 3.20. The van der Waals surface area contributed by atoms with Crippen molar-refractivity contribution >= 4 is 11.9 Å². The quantitative estimate of drug-likeness (QED) is 0.462. The number of esters is 1. The van der Waals surface area contributed by atoms with Crippen LogP contribution in [0.25, 0.3) is 0 Å². The Balaban J connectivity index is 2.03. The van der Waals surface area contributed by atoms with Crippen molar-refractivity contribution in [3.63, 3.8) is 0 Å². The second-order valence-corrected chi connectivity index (χ2v) is 5.55. The van der Waals surface area contributed by atoms with E-state index in [1.54, 1.807) is 6.92 Å². The summed E-state index contributed by atoms with van der Waals surface area (Å²) in [5, 5.41) is 13.4. The molecule has 7 heteroatoms. The van der Waals surface area contributed by atoms with Crippen LogP contribution in [0.2, 0.25) is 0 Å². The van der Waals surface area contributed by atoms with Crippen molar-refractivity contribution in [3.05, 3.63) is 10.1 Å². The first-order chi connectivity index (χ1) is 9.50. The summed E-state index contributed by atoms with van der Waals surface area (Å²) >= 11 is 0. The number of nitro groups is 1. The predicted molar refractivity (Wildman–Crippen MR) is 69.5 cm³/mol. The fraction of sp³-hybridized carbons (Fsp3) is 0.846. The third-order valence-electron chi connectivity index (χ3n) is 4.10. The van der Waals surface area contributed by atoms with Gasteiger partial charge < -0.3 is 10.1 Å². The minimum atomic E-state index is -0.977. The van der Waals surface area contributed by atoms with Crippen molar-refractivity contribution in [3.8, 4) is 0 Å². The first-order valence-electron chi connectivity index (χ1n) is 7.13. The highest BCUT2D eigenvalue weighted by Crippen LogP contribution is 2.36. The molecule has 0 aromatic carbocycles. The van der Waals surface area contributed by atoms with E-state index < -0.39 is 28.4 Å². The van der Waals surface area contributed by atoms with E-state index in [1.807, 2.05) is 0 Å². The van der Waals surface area contributed by atoms with Crippen LogP contribution in [0.1, 0.15) is 45.4 Å². The van der Waals surface area contributed by atoms with Crippen LogP contribution in [-0.4, -0.2) is 35.0 Å². The number of ether oxygens (including phenoxy) is 1. The van der Waals surface area contributed by atoms with Crippen LogP contribution in [0.5, 0.6) is 0 Å². The Morgan fingerprint density at radius 2 is 2.00 bits per heavy atom. The number of rotatable bonds is 5. The molecule has 2 aliphatic rings. The molecule has 0 saturated heterocycles. The summed E-state index contributed by atoms with van der Waals surface area (Å²) in [7, 11) is 0. The number of carbonyl (C=O) groups is 2. The van der Waals surface area contributed by atoms with Gasteiger partial charge in [0.1, 0.15) is 11.5 Å². The largest absolute Gasteiger partial charge is 0.464 e. The standard InChI is InChI=1S/C13H20N2O5/c1-2-20-12(17)13(6-4-3-5-7-13)14-11(16)9-8-10(9)15(18)19/h9-10H,2-8H2,1H3,(H,14,16)/t9-,10-/m0/s1. The summed E-state index contributed by atoms with van der Waals surface area (Å²) in [4.78, 5) is 34.4. The SMILES string of the molecule is CCOC(=O)C1(NC(=O)[C@H]2C[C@@H]2[N+](=O)[O-])CCCCC1. The fourth-order valence-corrected chi connectivity index (χ4v) is 2.83. The maximum atomic E-state index is 12.1. The van der Waals surface area contributed by atoms with Gasteiger partial charge in [-0.05, 0) is 19.8 Å². The number of carbonyl (C=O) groups excluding carboxylic acids is 2. The Bertz CT molecular complexity index is 417. The van der Waals surface area contributed by atoms with Gasteiger partial charge in [-0.15, -0.1) is 0 Å². The zero-order valence-corrected chi connectivity index (χ0v) is 11.6. The molecule has 112 valence electrons. The highest BCUT2D eigenvalue weighted by Gasteiger charge is 2.55. The minimum Gasteiger partial charge on any atom is -0.464 e. The third-order valence-corrected chi connectivity index (χ3v) is 4.10. The maximum Gasteiger partial charge on any atom is 0.331 e. The Labute approximate surface area is 117 Å². The van der Waals surface area contributed by atoms with Gasteiger partial charge in [0.05, 0.1) is 6.61 Å². The summed E-state index contributed by atoms with van der Waals surface area (Å²) in [6.45, 7) is 1.98. The van der Waals surface area contributed by atoms with Gasteiger partial charge in [-0.2, -0.15) is 0 Å². The summed E-state index contributed by atoms with van der Waals surface area (Å²) in [5.41, 5.74) is -0.977. The molecule has 0 radical (unpaired) electrons. The molecule has 2 rings (SSSR count). The molecule has 0 unspecified atom stereocenters. The second kappa shape index (κ2) is 5.76. The molecule has 0 aromatic rings. The van der Waals surface area contributed by atoms with Crippen LogP contribution in [0, 0.1) is 16.0 Å². The molecular weight excluding hydrogens is 264 g/mol. The average molecular weight is 284 g/mol. The number of nitrogens with one attached hydrogen (secondary N) is 1. The molecule has 0 aliphatic heterocycles. The Kier molecular flexibility index (Phi) is 4.25. The van der Waals surface area contributed by atoms with Gasteiger partial charge in [-0.25, -0.2) is 4.79 Å². The topological polar surface area (TPSA) is 98.5 Å². The van der Waals surface area contributed by atoms with E-state index in [4.69, 9.17) is 4.74 Å². The first-order valence-corrected chi connectivity index (χ1v) is 7.13. The van der Waals surface area contributed by atoms with Crippen LogP contribution in [0.15, 0.2) is 0 Å². The highest BCUT2D eigenvalue weighted by atomic mass is 16.6. The lowest BCUT2D eigenvalue weighted by molar-refractivity contribution is -0.497. The second-order valence-electron chi connectivity index (χ2n) is 5.55. The fourth-order valence-electron chi connectivity index (χ4n) is 2.83. The molecule has 0 bridgehead atoms. The van der Waals surface area contributed by atoms with Gasteiger partial charge in [-0.3, -0.25) is 14.9 Å². The Morgan fingerprint density at radius 1 is 1.35 bits per heavy atom. The van der Waals surface area contributed by atoms with E-state index >= 15 is 0 Å². The molecular formula is C13H20N2O5. The smallest absolute Gasteiger partial charge is 0.331 e. The van der Waals surface area contributed by atoms with Gasteiger partial charge in [-0.1, -0.05) is 19.3 Å². The van der Waals surface area contributed by atoms with Crippen molar-refractivity contribution in [2.24, 2.45) is 5.92 Å². The van der Waals surface area contributed by atoms with Gasteiger partial charge in [0.25, 0.3) is 0 Å². The molecule has 2 atom stereocenters. The van der Waals surface area contributed by atoms with Crippen LogP contribution >= 0.6 is 0 Å². The van der Waals surface area contributed by atoms with Crippen molar-refractivity contribution in [2.45, 2.75) is 57.0 Å². The van der Waals surface area contributed by atoms with E-state index in [2.05, 4.69) is 5.32 Å². The zero-order chi connectivity index (χ0) is 14.8. The number of hydrogen-bond donors (Lipinski definition) is 1. The lowest BCUT2D eigenvalue weighted by Gasteiger charge is -2.35. The zero-order valence-electron chi connectivity index (χ0n) is 11.6. The lowest BCUT2D eigenvalue weighted by atomic mass is 9.81. The summed E-state index contributed by atoms with van der Waals surface area (Å²) in [6.07, 6.45) is 4.08. The monoisotopic (exact) mass is 284 g/mol. The van der Waals surface area contributed by atoms with Crippen LogP contribution in [0.3, 0.4) is 0 Å². The van der Waals surface area contributed by atoms with Gasteiger partial charge in [0.2, 0.25) is 11.9 Å². The van der Waals surface area contributed by atoms with Gasteiger partial charge >= 0.3 is 5.97 Å². The molecule has 2 saturated carbocycles. The van der Waals surface area contributed by atoms with Crippen molar-refractivity contribution in [1.29, 1.82) is 0 Å². The molecule has 0 spiro atoms. The van der Waals surface area contributed by atoms with Crippen molar-refractivity contribution in [1.82, 2.24) is 5.32 Å². The third kappa shape index (κ3) is 2.91. The molecule has 1 amide bonds. The first kappa shape index (κ1) is 14.7. The Hall–Kier alpha value is -1.66. The maximum absolute atomic E-state index is 12.1. The van der Waals surface area contributed by atoms with Crippen LogP contribution in [0.4, 0.5) is 0 Å². The van der Waals surface area contributed by atoms with E-state index in [1.165, 1.54) is 0 Å². The number of nitrogens with zero attached hydrogens (tertiary/aromatic N) is 1. The molecule has 0 heterocycles. The molecule has 2 aliphatic carbocycles. The normalized spacial score (nSPS) is 27.4. The number of hydrogen-bond acceptors (Lipinski definition) is 5. The van der Waals surface area contributed by atoms with E-state index in [9.17, 15) is 19.7 Å². The molecule has 20 heavy (non-hydrogen) atoms. The summed E-state index contributed by atoms with van der Waals surface area (Å²) in [5.74, 6) is -1.40. The van der Waals surface area contributed by atoms with Crippen LogP contribution in [-0.2, 0) is 14.3 Å². The predicted octanol–water partition coefficient (Wildman–Crippen LogP) is 1.03. The summed E-state index contributed by atoms with van der Waals surface area (Å²) < 4.78 is 5.07. The van der Waals surface area contributed by atoms with Crippen molar-refractivity contribution in [2.75, 3.05) is 6.61 Å². The highest BCUT2D eigenvalue weighted by molar-refractivity contribution is 5.90. The van der Waals surface area contributed by atoms with Gasteiger partial charge in [0, 0.05) is 11.3 Å². The molecule has 0 aromatic heterocycles. The molecule has 7 nitrogen and oxygen atoms in total. The summed E-state index contributed by atoms with van der Waals surface area (Å²) in [6, 6.07) is -0.794. The Morgan fingerprint density at radius 3 is 2.50 bits per heavy atom. The minimum absolute atomic E-state index is 0.261. The van der Waals surface area contributed by atoms with E-state index in [0.29, 0.717) is 12.8 Å². The van der Waals surface area contributed by atoms with Gasteiger partial charge in [0.15, 0.2) is 0 Å². The van der Waals surface area contributed by atoms with E-state index in [0.717, 1.165) is 19.3 Å². The molecule has 2 fully saturated rings. The number of amides is 1. The molecule has 1 N–H and O–H groups in total. The van der Waals surface area contributed by atoms with E-state index in [-0.39, 0.29) is 18.9 Å². The van der Waals surface area contributed by atoms with Crippen LogP contribution < -0.4 is 5.32 Å². The van der Waals surface area contributed by atoms with Crippen molar-refractivity contribution < 1.29 is 19.2 Å².